The van der Waals surface area contributed by atoms with E-state index < -0.39 is 22.9 Å². The van der Waals surface area contributed by atoms with Gasteiger partial charge in [-0.1, -0.05) is 18.5 Å². The number of aromatic nitrogens is 2. The van der Waals surface area contributed by atoms with Crippen LogP contribution in [0.25, 0.3) is 11.5 Å². The van der Waals surface area contributed by atoms with Crippen molar-refractivity contribution in [1.82, 2.24) is 10.2 Å². The summed E-state index contributed by atoms with van der Waals surface area (Å²) in [6.07, 6.45) is 1.40. The summed E-state index contributed by atoms with van der Waals surface area (Å²) in [7, 11) is 1.38. The lowest BCUT2D eigenvalue weighted by Crippen LogP contribution is -2.51. The van der Waals surface area contributed by atoms with Gasteiger partial charge in [0.25, 0.3) is 0 Å². The molecule has 0 fully saturated rings. The van der Waals surface area contributed by atoms with Crippen LogP contribution in [0, 0.1) is 5.92 Å². The number of ether oxygens (including phenoxy) is 3. The Hall–Kier alpha value is -2.91. The molecule has 1 aliphatic carbocycles. The number of halogens is 1. The van der Waals surface area contributed by atoms with Gasteiger partial charge in [-0.3, -0.25) is 9.59 Å². The number of fused-ring (bicyclic) bond motifs is 1. The second-order valence-corrected chi connectivity index (χ2v) is 8.67. The Labute approximate surface area is 189 Å². The molecule has 0 bridgehead atoms. The average Bonchev–Trinajstić information content (AvgIpc) is 3.32. The maximum atomic E-state index is 13.7. The highest BCUT2D eigenvalue weighted by Crippen LogP contribution is 2.54. The van der Waals surface area contributed by atoms with E-state index in [2.05, 4.69) is 10.2 Å². The van der Waals surface area contributed by atoms with Crippen molar-refractivity contribution in [3.63, 3.8) is 0 Å². The van der Waals surface area contributed by atoms with Gasteiger partial charge in [0, 0.05) is 18.4 Å². The van der Waals surface area contributed by atoms with E-state index in [1.165, 1.54) is 33.1 Å². The number of aliphatic hydroxyl groups is 1. The Morgan fingerprint density at radius 3 is 2.66 bits per heavy atom. The second kappa shape index (κ2) is 7.60. The average molecular weight is 463 g/mol. The SMILES string of the molecule is CCOc1cc(-c2nnc(C(C)(C)O)o2)c(Cl)c2c1C(=O)[C@@]1(O2)C(OC)=CC(=O)C[C@H]1C. The highest BCUT2D eigenvalue weighted by molar-refractivity contribution is 6.36. The molecule has 1 aromatic heterocycles. The predicted molar refractivity (Wildman–Crippen MR) is 113 cm³/mol. The van der Waals surface area contributed by atoms with Crippen LogP contribution in [0.5, 0.6) is 11.5 Å². The topological polar surface area (TPSA) is 121 Å². The van der Waals surface area contributed by atoms with Gasteiger partial charge < -0.3 is 23.7 Å². The molecule has 2 aromatic rings. The summed E-state index contributed by atoms with van der Waals surface area (Å²) in [6, 6.07) is 1.53. The monoisotopic (exact) mass is 462 g/mol. The third-order valence-corrected chi connectivity index (χ3v) is 5.95. The summed E-state index contributed by atoms with van der Waals surface area (Å²) in [5.41, 5.74) is -2.45. The first-order chi connectivity index (χ1) is 15.0. The van der Waals surface area contributed by atoms with Crippen LogP contribution in [0.3, 0.4) is 0 Å². The molecule has 9 nitrogen and oxygen atoms in total. The molecule has 1 spiro atoms. The van der Waals surface area contributed by atoms with Crippen molar-refractivity contribution in [3.05, 3.63) is 34.4 Å². The Bertz CT molecular complexity index is 1150. The number of carbonyl (C=O) groups excluding carboxylic acids is 2. The molecule has 10 heteroatoms. The maximum absolute atomic E-state index is 13.7. The van der Waals surface area contributed by atoms with Crippen molar-refractivity contribution >= 4 is 23.2 Å². The number of methoxy groups -OCH3 is 1. The number of hydrogen-bond donors (Lipinski definition) is 1. The lowest BCUT2D eigenvalue weighted by Gasteiger charge is -2.36. The van der Waals surface area contributed by atoms with Gasteiger partial charge in [0.2, 0.25) is 23.2 Å². The first-order valence-electron chi connectivity index (χ1n) is 10.1. The number of hydrogen-bond acceptors (Lipinski definition) is 9. The molecule has 1 aliphatic heterocycles. The van der Waals surface area contributed by atoms with E-state index in [1.54, 1.807) is 13.8 Å². The fourth-order valence-electron chi connectivity index (χ4n) is 4.02. The molecule has 4 rings (SSSR count). The molecule has 170 valence electrons. The first kappa shape index (κ1) is 22.3. The number of carbonyl (C=O) groups is 2. The molecule has 32 heavy (non-hydrogen) atoms. The van der Waals surface area contributed by atoms with E-state index in [4.69, 9.17) is 30.2 Å². The summed E-state index contributed by atoms with van der Waals surface area (Å²) in [5, 5.41) is 18.1. The van der Waals surface area contributed by atoms with Crippen LogP contribution in [0.15, 0.2) is 22.3 Å². The molecule has 2 atom stereocenters. The van der Waals surface area contributed by atoms with Gasteiger partial charge in [0.15, 0.2) is 17.3 Å². The highest BCUT2D eigenvalue weighted by Gasteiger charge is 2.60. The van der Waals surface area contributed by atoms with Crippen molar-refractivity contribution in [2.45, 2.75) is 45.3 Å². The summed E-state index contributed by atoms with van der Waals surface area (Å²) < 4.78 is 23.0. The van der Waals surface area contributed by atoms with Crippen molar-refractivity contribution in [3.8, 4) is 23.0 Å². The van der Waals surface area contributed by atoms with Gasteiger partial charge in [-0.25, -0.2) is 0 Å². The molecule has 2 aliphatic rings. The lowest BCUT2D eigenvalue weighted by molar-refractivity contribution is -0.118. The third kappa shape index (κ3) is 3.18. The molecule has 2 heterocycles. The number of allylic oxidation sites excluding steroid dienone is 1. The number of benzene rings is 1. The van der Waals surface area contributed by atoms with E-state index in [0.29, 0.717) is 0 Å². The minimum atomic E-state index is -1.54. The van der Waals surface area contributed by atoms with Crippen LogP contribution < -0.4 is 9.47 Å². The molecule has 0 radical (unpaired) electrons. The van der Waals surface area contributed by atoms with Crippen LogP contribution in [0.1, 0.15) is 50.4 Å². The Morgan fingerprint density at radius 2 is 2.06 bits per heavy atom. The minimum absolute atomic E-state index is 0.000456. The quantitative estimate of drug-likeness (QED) is 0.711. The van der Waals surface area contributed by atoms with Gasteiger partial charge >= 0.3 is 0 Å². The maximum Gasteiger partial charge on any atom is 0.249 e. The summed E-state index contributed by atoms with van der Waals surface area (Å²) in [4.78, 5) is 25.8. The van der Waals surface area contributed by atoms with E-state index in [9.17, 15) is 14.7 Å². The summed E-state index contributed by atoms with van der Waals surface area (Å²) >= 11 is 6.67. The van der Waals surface area contributed by atoms with Crippen molar-refractivity contribution in [2.75, 3.05) is 13.7 Å². The van der Waals surface area contributed by atoms with E-state index in [1.807, 2.05) is 0 Å². The normalized spacial score (nSPS) is 22.6. The van der Waals surface area contributed by atoms with E-state index >= 15 is 0 Å². The van der Waals surface area contributed by atoms with Crippen molar-refractivity contribution in [2.24, 2.45) is 5.92 Å². The number of ketones is 2. The van der Waals surface area contributed by atoms with Crippen LogP contribution >= 0.6 is 11.6 Å². The van der Waals surface area contributed by atoms with Crippen molar-refractivity contribution < 1.29 is 33.3 Å². The zero-order valence-electron chi connectivity index (χ0n) is 18.3. The largest absolute Gasteiger partial charge is 0.496 e. The molecule has 0 unspecified atom stereocenters. The van der Waals surface area contributed by atoms with Gasteiger partial charge in [0.1, 0.15) is 16.9 Å². The molecule has 1 aromatic carbocycles. The molecular formula is C22H23ClN2O7. The molecule has 0 amide bonds. The van der Waals surface area contributed by atoms with Crippen LogP contribution in [-0.4, -0.2) is 46.2 Å². The van der Waals surface area contributed by atoms with E-state index in [-0.39, 0.29) is 64.0 Å². The van der Waals surface area contributed by atoms with Gasteiger partial charge in [-0.05, 0) is 26.8 Å². The molecule has 1 N–H and O–H groups in total. The zero-order chi connectivity index (χ0) is 23.4. The number of nitrogens with zero attached hydrogens (tertiary/aromatic N) is 2. The number of Topliss-reactive ketones (excluding diaryl/α,β-unsaturated/α-hetero) is 1. The Morgan fingerprint density at radius 1 is 1.34 bits per heavy atom. The summed E-state index contributed by atoms with van der Waals surface area (Å²) in [6.45, 7) is 6.81. The van der Waals surface area contributed by atoms with Crippen LogP contribution in [-0.2, 0) is 15.1 Å². The van der Waals surface area contributed by atoms with Gasteiger partial charge in [0.05, 0.1) is 24.3 Å². The standard InChI is InChI=1S/C22H23ClN2O7/c1-6-30-13-9-12(19-24-25-20(31-19)21(3,4)28)16(23)17-15(13)18(27)22(32-17)10(2)7-11(26)8-14(22)29-5/h8-10,28H,6-7H2,1-5H3/t10-,22+/m1/s1. The molecule has 0 saturated heterocycles. The molecule has 0 saturated carbocycles. The number of rotatable bonds is 5. The van der Waals surface area contributed by atoms with E-state index in [0.717, 1.165) is 0 Å². The zero-order valence-corrected chi connectivity index (χ0v) is 19.1. The van der Waals surface area contributed by atoms with Crippen LogP contribution in [0.2, 0.25) is 5.02 Å². The van der Waals surface area contributed by atoms with Crippen molar-refractivity contribution in [1.29, 1.82) is 0 Å². The summed E-state index contributed by atoms with van der Waals surface area (Å²) in [5.74, 6) is -0.606. The fraction of sp³-hybridized carbons (Fsp3) is 0.455. The van der Waals surface area contributed by atoms with Crippen LogP contribution in [0.4, 0.5) is 0 Å². The second-order valence-electron chi connectivity index (χ2n) is 8.30. The lowest BCUT2D eigenvalue weighted by atomic mass is 9.75. The van der Waals surface area contributed by atoms with Gasteiger partial charge in [-0.15, -0.1) is 10.2 Å². The Kier molecular flexibility index (Phi) is 5.29. The highest BCUT2D eigenvalue weighted by atomic mass is 35.5. The fourth-order valence-corrected chi connectivity index (χ4v) is 4.29. The Balaban J connectivity index is 1.92. The minimum Gasteiger partial charge on any atom is -0.496 e. The smallest absolute Gasteiger partial charge is 0.249 e. The predicted octanol–water partition coefficient (Wildman–Crippen LogP) is 3.47. The third-order valence-electron chi connectivity index (χ3n) is 5.57. The van der Waals surface area contributed by atoms with Gasteiger partial charge in [-0.2, -0.15) is 0 Å². The first-order valence-corrected chi connectivity index (χ1v) is 10.5. The molecular weight excluding hydrogens is 440 g/mol.